The first kappa shape index (κ1) is 16.9. The van der Waals surface area contributed by atoms with Crippen LogP contribution in [0.2, 0.25) is 0 Å². The normalized spacial score (nSPS) is 7.88. The zero-order chi connectivity index (χ0) is 13.1. The number of nitrogens with two attached hydrogens (primary N) is 1. The molecular formula is C12H22N2O2. The van der Waals surface area contributed by atoms with Gasteiger partial charge in [-0.3, -0.25) is 4.79 Å². The average Bonchev–Trinajstić information content (AvgIpc) is 2.20. The monoisotopic (exact) mass is 226 g/mol. The summed E-state index contributed by atoms with van der Waals surface area (Å²) in [7, 11) is 5.59. The summed E-state index contributed by atoms with van der Waals surface area (Å²) in [4.78, 5) is 11.1. The maximum atomic E-state index is 9.00. The van der Waals surface area contributed by atoms with Gasteiger partial charge in [0, 0.05) is 26.7 Å². The van der Waals surface area contributed by atoms with Crippen molar-refractivity contribution in [2.45, 2.75) is 13.8 Å². The predicted molar refractivity (Wildman–Crippen MR) is 68.9 cm³/mol. The van der Waals surface area contributed by atoms with Crippen LogP contribution in [0.5, 0.6) is 0 Å². The highest BCUT2D eigenvalue weighted by Gasteiger charge is 1.90. The minimum atomic E-state index is -0.833. The van der Waals surface area contributed by atoms with Gasteiger partial charge >= 0.3 is 0 Å². The van der Waals surface area contributed by atoms with Crippen LogP contribution in [0.1, 0.15) is 12.5 Å². The van der Waals surface area contributed by atoms with Gasteiger partial charge in [-0.05, 0) is 26.1 Å². The fourth-order valence-corrected chi connectivity index (χ4v) is 0.843. The van der Waals surface area contributed by atoms with E-state index in [-0.39, 0.29) is 0 Å². The summed E-state index contributed by atoms with van der Waals surface area (Å²) in [5, 5.41) is 7.42. The number of aliphatic carboxylic acids is 1. The first-order valence-corrected chi connectivity index (χ1v) is 4.94. The van der Waals surface area contributed by atoms with E-state index in [4.69, 9.17) is 9.90 Å². The highest BCUT2D eigenvalue weighted by molar-refractivity contribution is 5.62. The Bertz CT molecular complexity index is 278. The summed E-state index contributed by atoms with van der Waals surface area (Å²) in [5.41, 5.74) is 7.07. The van der Waals surface area contributed by atoms with Gasteiger partial charge in [-0.1, -0.05) is 17.7 Å². The number of carboxylic acids is 1. The molecule has 0 aromatic heterocycles. The Hall–Kier alpha value is -1.55. The van der Waals surface area contributed by atoms with Crippen molar-refractivity contribution in [3.8, 4) is 0 Å². The lowest BCUT2D eigenvalue weighted by Gasteiger charge is -2.11. The maximum absolute atomic E-state index is 9.00. The second kappa shape index (κ2) is 9.98. The van der Waals surface area contributed by atoms with E-state index in [2.05, 4.69) is 41.8 Å². The molecule has 1 aromatic carbocycles. The van der Waals surface area contributed by atoms with Crippen LogP contribution >= 0.6 is 0 Å². The molecule has 0 atom stereocenters. The van der Waals surface area contributed by atoms with Gasteiger partial charge in [0.2, 0.25) is 0 Å². The number of benzene rings is 1. The number of nitrogens with zero attached hydrogens (tertiary/aromatic N) is 1. The quantitative estimate of drug-likeness (QED) is 0.765. The predicted octanol–water partition coefficient (Wildman–Crippen LogP) is 1.73. The first-order chi connectivity index (χ1) is 7.43. The van der Waals surface area contributed by atoms with E-state index in [9.17, 15) is 0 Å². The molecule has 0 unspecified atom stereocenters. The molecule has 92 valence electrons. The minimum absolute atomic E-state index is 0.833. The molecule has 0 spiro atoms. The lowest BCUT2D eigenvalue weighted by molar-refractivity contribution is -0.134. The van der Waals surface area contributed by atoms with Crippen LogP contribution in [0.3, 0.4) is 0 Å². The van der Waals surface area contributed by atoms with Crippen LogP contribution in [0.4, 0.5) is 5.69 Å². The molecule has 4 nitrogen and oxygen atoms in total. The zero-order valence-corrected chi connectivity index (χ0v) is 10.7. The molecule has 1 aromatic rings. The van der Waals surface area contributed by atoms with Crippen molar-refractivity contribution in [3.63, 3.8) is 0 Å². The topological polar surface area (TPSA) is 66.6 Å². The van der Waals surface area contributed by atoms with Crippen LogP contribution in [-0.2, 0) is 4.79 Å². The van der Waals surface area contributed by atoms with Crippen LogP contribution in [0.15, 0.2) is 24.3 Å². The third-order valence-corrected chi connectivity index (χ3v) is 1.55. The van der Waals surface area contributed by atoms with E-state index in [1.54, 1.807) is 0 Å². The van der Waals surface area contributed by atoms with E-state index in [0.29, 0.717) is 0 Å². The van der Waals surface area contributed by atoms with E-state index in [1.165, 1.54) is 18.3 Å². The van der Waals surface area contributed by atoms with E-state index >= 15 is 0 Å². The summed E-state index contributed by atoms with van der Waals surface area (Å²) in [6.07, 6.45) is 0. The van der Waals surface area contributed by atoms with E-state index < -0.39 is 5.97 Å². The van der Waals surface area contributed by atoms with Crippen molar-refractivity contribution in [3.05, 3.63) is 29.8 Å². The molecule has 0 amide bonds. The number of carboxylic acid groups (broad SMARTS) is 1. The molecule has 0 aliphatic heterocycles. The minimum Gasteiger partial charge on any atom is -0.481 e. The van der Waals surface area contributed by atoms with Crippen molar-refractivity contribution in [1.29, 1.82) is 0 Å². The molecule has 0 bridgehead atoms. The molecule has 0 aliphatic carbocycles. The molecule has 0 fully saturated rings. The Balaban J connectivity index is 0. The molecule has 0 saturated heterocycles. The lowest BCUT2D eigenvalue weighted by Crippen LogP contribution is -2.07. The molecule has 0 heterocycles. The van der Waals surface area contributed by atoms with Crippen LogP contribution in [0.25, 0.3) is 0 Å². The number of carbonyl (C=O) groups is 1. The van der Waals surface area contributed by atoms with Crippen molar-refractivity contribution in [2.24, 2.45) is 5.73 Å². The van der Waals surface area contributed by atoms with Gasteiger partial charge in [0.25, 0.3) is 5.97 Å². The molecule has 16 heavy (non-hydrogen) atoms. The molecule has 4 heteroatoms. The summed E-state index contributed by atoms with van der Waals surface area (Å²) in [6, 6.07) is 8.48. The molecule has 1 rings (SSSR count). The van der Waals surface area contributed by atoms with Gasteiger partial charge in [0.05, 0.1) is 0 Å². The Morgan fingerprint density at radius 1 is 1.19 bits per heavy atom. The van der Waals surface area contributed by atoms with Gasteiger partial charge < -0.3 is 15.7 Å². The third kappa shape index (κ3) is 10.5. The summed E-state index contributed by atoms with van der Waals surface area (Å²) >= 11 is 0. The van der Waals surface area contributed by atoms with Gasteiger partial charge in [0.15, 0.2) is 0 Å². The second-order valence-corrected chi connectivity index (χ2v) is 3.25. The lowest BCUT2D eigenvalue weighted by atomic mass is 10.2. The standard InChI is InChI=1S/C9H13N.C2H4O2.CH5N/c1-8-4-6-9(7-5-8)10(2)3;1-2(3)4;1-2/h4-7H,1-3H3;1H3,(H,3,4);2H2,1H3. The SMILES string of the molecule is CC(=O)O.CN.Cc1ccc(N(C)C)cc1. The van der Waals surface area contributed by atoms with E-state index in [1.807, 2.05) is 14.1 Å². The van der Waals surface area contributed by atoms with Gasteiger partial charge in [-0.25, -0.2) is 0 Å². The Kier molecular flexibility index (Phi) is 10.5. The van der Waals surface area contributed by atoms with Crippen LogP contribution in [0, 0.1) is 6.92 Å². The summed E-state index contributed by atoms with van der Waals surface area (Å²) in [6.45, 7) is 3.18. The largest absolute Gasteiger partial charge is 0.481 e. The summed E-state index contributed by atoms with van der Waals surface area (Å²) in [5.74, 6) is -0.833. The number of aryl methyl sites for hydroxylation is 1. The van der Waals surface area contributed by atoms with Crippen molar-refractivity contribution < 1.29 is 9.90 Å². The fraction of sp³-hybridized carbons (Fsp3) is 0.417. The molecule has 3 N–H and O–H groups in total. The molecular weight excluding hydrogens is 204 g/mol. The zero-order valence-electron chi connectivity index (χ0n) is 10.7. The Labute approximate surface area is 97.7 Å². The van der Waals surface area contributed by atoms with Gasteiger partial charge in [-0.15, -0.1) is 0 Å². The maximum Gasteiger partial charge on any atom is 0.300 e. The second-order valence-electron chi connectivity index (χ2n) is 3.25. The van der Waals surface area contributed by atoms with Gasteiger partial charge in [-0.2, -0.15) is 0 Å². The number of rotatable bonds is 1. The Morgan fingerprint density at radius 2 is 1.50 bits per heavy atom. The number of hydrogen-bond donors (Lipinski definition) is 2. The number of hydrogen-bond acceptors (Lipinski definition) is 3. The van der Waals surface area contributed by atoms with Crippen molar-refractivity contribution in [1.82, 2.24) is 0 Å². The average molecular weight is 226 g/mol. The highest BCUT2D eigenvalue weighted by atomic mass is 16.4. The third-order valence-electron chi connectivity index (χ3n) is 1.55. The Morgan fingerprint density at radius 3 is 1.75 bits per heavy atom. The molecule has 0 aliphatic rings. The smallest absolute Gasteiger partial charge is 0.300 e. The molecule has 0 radical (unpaired) electrons. The van der Waals surface area contributed by atoms with Crippen molar-refractivity contribution >= 4 is 11.7 Å². The van der Waals surface area contributed by atoms with Gasteiger partial charge in [0.1, 0.15) is 0 Å². The van der Waals surface area contributed by atoms with Crippen LogP contribution in [-0.4, -0.2) is 32.2 Å². The van der Waals surface area contributed by atoms with Crippen LogP contribution < -0.4 is 10.6 Å². The van der Waals surface area contributed by atoms with E-state index in [0.717, 1.165) is 6.92 Å². The highest BCUT2D eigenvalue weighted by Crippen LogP contribution is 2.10. The summed E-state index contributed by atoms with van der Waals surface area (Å²) < 4.78 is 0. The fourth-order valence-electron chi connectivity index (χ4n) is 0.843. The van der Waals surface area contributed by atoms with Crippen molar-refractivity contribution in [2.75, 3.05) is 26.0 Å². The first-order valence-electron chi connectivity index (χ1n) is 4.94. The number of anilines is 1. The molecule has 0 saturated carbocycles.